The van der Waals surface area contributed by atoms with Crippen LogP contribution in [0.3, 0.4) is 0 Å². The lowest BCUT2D eigenvalue weighted by Crippen LogP contribution is -2.40. The molecule has 0 aliphatic heterocycles. The topological polar surface area (TPSA) is 77.1 Å². The summed E-state index contributed by atoms with van der Waals surface area (Å²) in [7, 11) is 0. The van der Waals surface area contributed by atoms with E-state index in [-0.39, 0.29) is 13.2 Å². The van der Waals surface area contributed by atoms with E-state index < -0.39 is 12.1 Å². The van der Waals surface area contributed by atoms with Gasteiger partial charge in [-0.15, -0.1) is 0 Å². The summed E-state index contributed by atoms with van der Waals surface area (Å²) in [6.07, 6.45) is -0.459. The van der Waals surface area contributed by atoms with E-state index in [1.165, 1.54) is 0 Å². The summed E-state index contributed by atoms with van der Waals surface area (Å²) in [5, 5.41) is 2.61. The molecule has 0 aliphatic rings. The zero-order valence-corrected chi connectivity index (χ0v) is 15.6. The SMILES string of the molecule is C=C(C)C(=O)OCCOCCNC(=O)OCCN(C(C)C)C(C)C. The van der Waals surface area contributed by atoms with Crippen LogP contribution in [0, 0.1) is 0 Å². The number of rotatable bonds is 12. The lowest BCUT2D eigenvalue weighted by atomic mass is 10.2. The van der Waals surface area contributed by atoms with Crippen LogP contribution in [-0.4, -0.2) is 68.6 Å². The van der Waals surface area contributed by atoms with Crippen LogP contribution in [0.15, 0.2) is 12.2 Å². The molecule has 7 heteroatoms. The highest BCUT2D eigenvalue weighted by molar-refractivity contribution is 5.86. The largest absolute Gasteiger partial charge is 0.460 e. The first-order valence-electron chi connectivity index (χ1n) is 8.32. The molecule has 0 aliphatic carbocycles. The number of hydrogen-bond acceptors (Lipinski definition) is 6. The maximum Gasteiger partial charge on any atom is 0.407 e. The highest BCUT2D eigenvalue weighted by Gasteiger charge is 2.13. The Balaban J connectivity index is 3.60. The van der Waals surface area contributed by atoms with Crippen LogP contribution < -0.4 is 5.32 Å². The molecule has 140 valence electrons. The van der Waals surface area contributed by atoms with E-state index in [0.717, 1.165) is 0 Å². The quantitative estimate of drug-likeness (QED) is 0.331. The fourth-order valence-electron chi connectivity index (χ4n) is 2.05. The van der Waals surface area contributed by atoms with Crippen molar-refractivity contribution in [3.8, 4) is 0 Å². The van der Waals surface area contributed by atoms with Crippen molar-refractivity contribution in [1.29, 1.82) is 0 Å². The number of alkyl carbamates (subject to hydrolysis) is 1. The molecule has 1 amide bonds. The molecule has 0 aromatic carbocycles. The molecule has 0 saturated carbocycles. The van der Waals surface area contributed by atoms with Gasteiger partial charge in [-0.2, -0.15) is 0 Å². The highest BCUT2D eigenvalue weighted by Crippen LogP contribution is 2.03. The van der Waals surface area contributed by atoms with Crippen LogP contribution >= 0.6 is 0 Å². The molecule has 24 heavy (non-hydrogen) atoms. The van der Waals surface area contributed by atoms with Gasteiger partial charge in [-0.25, -0.2) is 9.59 Å². The number of esters is 1. The van der Waals surface area contributed by atoms with Gasteiger partial charge in [0.05, 0.1) is 13.2 Å². The molecule has 0 heterocycles. The minimum absolute atomic E-state index is 0.163. The molecule has 0 aromatic rings. The van der Waals surface area contributed by atoms with E-state index in [2.05, 4.69) is 44.5 Å². The van der Waals surface area contributed by atoms with Crippen molar-refractivity contribution in [2.45, 2.75) is 46.7 Å². The Labute approximate surface area is 145 Å². The van der Waals surface area contributed by atoms with Gasteiger partial charge < -0.3 is 19.5 Å². The lowest BCUT2D eigenvalue weighted by molar-refractivity contribution is -0.140. The standard InChI is InChI=1S/C17H32N2O5/c1-13(2)16(20)23-12-11-22-9-7-18-17(21)24-10-8-19(14(3)4)15(5)6/h14-15H,1,7-12H2,2-6H3,(H,18,21). The van der Waals surface area contributed by atoms with E-state index in [0.29, 0.717) is 44.0 Å². The van der Waals surface area contributed by atoms with Gasteiger partial charge in [0.15, 0.2) is 0 Å². The third-order valence-electron chi connectivity index (χ3n) is 3.23. The Kier molecular flexibility index (Phi) is 11.9. The van der Waals surface area contributed by atoms with Crippen molar-refractivity contribution in [1.82, 2.24) is 10.2 Å². The van der Waals surface area contributed by atoms with Gasteiger partial charge in [0.25, 0.3) is 0 Å². The molecule has 0 rings (SSSR count). The monoisotopic (exact) mass is 344 g/mol. The number of carbonyl (C=O) groups excluding carboxylic acids is 2. The van der Waals surface area contributed by atoms with Gasteiger partial charge in [0.2, 0.25) is 0 Å². The Morgan fingerprint density at radius 3 is 2.17 bits per heavy atom. The smallest absolute Gasteiger partial charge is 0.407 e. The maximum atomic E-state index is 11.5. The zero-order chi connectivity index (χ0) is 18.5. The summed E-state index contributed by atoms with van der Waals surface area (Å²) in [4.78, 5) is 24.9. The van der Waals surface area contributed by atoms with E-state index in [1.807, 2.05) is 0 Å². The number of carbonyl (C=O) groups is 2. The van der Waals surface area contributed by atoms with Crippen molar-refractivity contribution in [3.63, 3.8) is 0 Å². The number of amides is 1. The van der Waals surface area contributed by atoms with Crippen LogP contribution in [0.2, 0.25) is 0 Å². The zero-order valence-electron chi connectivity index (χ0n) is 15.6. The first kappa shape index (κ1) is 22.4. The summed E-state index contributed by atoms with van der Waals surface area (Å²) in [6.45, 7) is 15.7. The van der Waals surface area contributed by atoms with Gasteiger partial charge in [-0.3, -0.25) is 4.90 Å². The molecule has 0 aromatic heterocycles. The Morgan fingerprint density at radius 2 is 1.62 bits per heavy atom. The molecule has 0 spiro atoms. The Bertz CT molecular complexity index is 388. The first-order chi connectivity index (χ1) is 11.3. The Hall–Kier alpha value is -1.60. The third-order valence-corrected chi connectivity index (χ3v) is 3.23. The van der Waals surface area contributed by atoms with Crippen LogP contribution in [-0.2, 0) is 19.0 Å². The normalized spacial score (nSPS) is 11.0. The van der Waals surface area contributed by atoms with Crippen molar-refractivity contribution >= 4 is 12.1 Å². The van der Waals surface area contributed by atoms with E-state index in [9.17, 15) is 9.59 Å². The molecule has 0 radical (unpaired) electrons. The van der Waals surface area contributed by atoms with Gasteiger partial charge in [0.1, 0.15) is 13.2 Å². The van der Waals surface area contributed by atoms with Crippen LogP contribution in [0.1, 0.15) is 34.6 Å². The third kappa shape index (κ3) is 11.0. The number of nitrogens with zero attached hydrogens (tertiary/aromatic N) is 1. The van der Waals surface area contributed by atoms with E-state index in [1.54, 1.807) is 6.92 Å². The maximum absolute atomic E-state index is 11.5. The first-order valence-corrected chi connectivity index (χ1v) is 8.32. The van der Waals surface area contributed by atoms with Crippen LogP contribution in [0.5, 0.6) is 0 Å². The predicted molar refractivity (Wildman–Crippen MR) is 92.9 cm³/mol. The van der Waals surface area contributed by atoms with Gasteiger partial charge in [-0.1, -0.05) is 6.58 Å². The second-order valence-electron chi connectivity index (χ2n) is 6.02. The van der Waals surface area contributed by atoms with Crippen molar-refractivity contribution < 1.29 is 23.8 Å². The van der Waals surface area contributed by atoms with Gasteiger partial charge in [0, 0.05) is 30.7 Å². The van der Waals surface area contributed by atoms with Crippen molar-refractivity contribution in [2.75, 3.05) is 39.5 Å². The summed E-state index contributed by atoms with van der Waals surface area (Å²) < 4.78 is 15.2. The molecular formula is C17H32N2O5. The summed E-state index contributed by atoms with van der Waals surface area (Å²) in [5.41, 5.74) is 0.355. The van der Waals surface area contributed by atoms with Crippen molar-refractivity contribution in [3.05, 3.63) is 12.2 Å². The lowest BCUT2D eigenvalue weighted by Gasteiger charge is -2.30. The Morgan fingerprint density at radius 1 is 1.00 bits per heavy atom. The predicted octanol–water partition coefficient (Wildman–Crippen LogP) is 1.97. The molecule has 7 nitrogen and oxygen atoms in total. The second-order valence-corrected chi connectivity index (χ2v) is 6.02. The van der Waals surface area contributed by atoms with Gasteiger partial charge in [-0.05, 0) is 34.6 Å². The second kappa shape index (κ2) is 12.8. The molecule has 0 fully saturated rings. The average Bonchev–Trinajstić information content (AvgIpc) is 2.49. The minimum Gasteiger partial charge on any atom is -0.460 e. The highest BCUT2D eigenvalue weighted by atomic mass is 16.6. The summed E-state index contributed by atoms with van der Waals surface area (Å²) in [5.74, 6) is -0.433. The number of nitrogens with one attached hydrogen (secondary N) is 1. The van der Waals surface area contributed by atoms with E-state index in [4.69, 9.17) is 14.2 Å². The summed E-state index contributed by atoms with van der Waals surface area (Å²) in [6, 6.07) is 0.813. The molecular weight excluding hydrogens is 312 g/mol. The molecule has 0 saturated heterocycles. The van der Waals surface area contributed by atoms with Crippen LogP contribution in [0.25, 0.3) is 0 Å². The fourth-order valence-corrected chi connectivity index (χ4v) is 2.05. The minimum atomic E-state index is -0.459. The van der Waals surface area contributed by atoms with Crippen LogP contribution in [0.4, 0.5) is 4.79 Å². The van der Waals surface area contributed by atoms with E-state index >= 15 is 0 Å². The van der Waals surface area contributed by atoms with Crippen molar-refractivity contribution in [2.24, 2.45) is 0 Å². The molecule has 0 atom stereocenters. The molecule has 1 N–H and O–H groups in total. The molecule has 0 unspecified atom stereocenters. The van der Waals surface area contributed by atoms with Gasteiger partial charge >= 0.3 is 12.1 Å². The average molecular weight is 344 g/mol. The summed E-state index contributed by atoms with van der Waals surface area (Å²) >= 11 is 0. The number of ether oxygens (including phenoxy) is 3. The fraction of sp³-hybridized carbons (Fsp3) is 0.765. The molecule has 0 bridgehead atoms. The number of hydrogen-bond donors (Lipinski definition) is 1.